The average molecular weight is 419 g/mol. The standard InChI is InChI=1S/C10H22O.2C5H11.Sn/c1-3-5-7-9-11-10-8-6-4-2;2*1-3-5-4-2;/h3-10H2,1-2H3;2*1,3-5H2,2H3;. The van der Waals surface area contributed by atoms with Crippen LogP contribution in [0.3, 0.4) is 0 Å². The van der Waals surface area contributed by atoms with Crippen LogP contribution in [0.1, 0.15) is 105 Å². The van der Waals surface area contributed by atoms with Gasteiger partial charge in [0.15, 0.2) is 0 Å². The molecule has 0 fully saturated rings. The molecule has 0 aromatic heterocycles. The summed E-state index contributed by atoms with van der Waals surface area (Å²) in [5.74, 6) is 0. The van der Waals surface area contributed by atoms with E-state index in [0.717, 1.165) is 13.2 Å². The van der Waals surface area contributed by atoms with Crippen LogP contribution in [0.25, 0.3) is 0 Å². The van der Waals surface area contributed by atoms with Gasteiger partial charge >= 0.3 is 82.4 Å². The molecule has 0 saturated heterocycles. The molecule has 0 aliphatic carbocycles. The molecule has 0 amide bonds. The number of rotatable bonds is 16. The molecule has 2 heteroatoms. The summed E-state index contributed by atoms with van der Waals surface area (Å²) in [6.45, 7) is 11.0. The first kappa shape index (κ1) is 25.0. The summed E-state index contributed by atoms with van der Waals surface area (Å²) in [5.41, 5.74) is 0. The fraction of sp³-hybridized carbons (Fsp3) is 1.00. The van der Waals surface area contributed by atoms with E-state index in [9.17, 15) is 0 Å². The Morgan fingerprint density at radius 2 is 0.864 bits per heavy atom. The van der Waals surface area contributed by atoms with Crippen LogP contribution in [0.2, 0.25) is 8.87 Å². The molecular weight excluding hydrogens is 375 g/mol. The number of unbranched alkanes of at least 4 members (excludes halogenated alkanes) is 8. The molecule has 1 nitrogen and oxygen atoms in total. The Labute approximate surface area is 152 Å². The minimum atomic E-state index is 0.124. The molecule has 0 atom stereocenters. The van der Waals surface area contributed by atoms with Crippen LogP contribution in [0, 0.1) is 0 Å². The fourth-order valence-electron chi connectivity index (χ4n) is 2.14. The van der Waals surface area contributed by atoms with E-state index in [1.165, 1.54) is 77.0 Å². The van der Waals surface area contributed by atoms with Crippen molar-refractivity contribution in [1.82, 2.24) is 0 Å². The molecule has 0 heterocycles. The van der Waals surface area contributed by atoms with Gasteiger partial charge in [0.05, 0.1) is 0 Å². The van der Waals surface area contributed by atoms with Crippen LogP contribution < -0.4 is 0 Å². The molecule has 134 valence electrons. The summed E-state index contributed by atoms with van der Waals surface area (Å²) in [5, 5.41) is 0. The Morgan fingerprint density at radius 1 is 0.500 bits per heavy atom. The van der Waals surface area contributed by atoms with Gasteiger partial charge in [-0.25, -0.2) is 0 Å². The first-order chi connectivity index (χ1) is 10.8. The van der Waals surface area contributed by atoms with Crippen molar-refractivity contribution in [2.45, 2.75) is 114 Å². The van der Waals surface area contributed by atoms with Crippen molar-refractivity contribution in [3.05, 3.63) is 0 Å². The number of hydrogen-bond donors (Lipinski definition) is 0. The number of hydrogen-bond acceptors (Lipinski definition) is 1. The molecule has 0 aliphatic rings. The SMILES string of the molecule is CCCCCOCCCCC.CCCC[CH2][Sn][CH2]CCCC. The predicted molar refractivity (Wildman–Crippen MR) is 104 cm³/mol. The van der Waals surface area contributed by atoms with Gasteiger partial charge in [-0.2, -0.15) is 0 Å². The molecule has 0 aromatic carbocycles. The van der Waals surface area contributed by atoms with E-state index in [-0.39, 0.29) is 21.1 Å². The van der Waals surface area contributed by atoms with Crippen LogP contribution in [-0.2, 0) is 4.74 Å². The van der Waals surface area contributed by atoms with E-state index in [4.69, 9.17) is 4.74 Å². The Bertz CT molecular complexity index is 128. The Morgan fingerprint density at radius 3 is 1.23 bits per heavy atom. The van der Waals surface area contributed by atoms with Gasteiger partial charge in [0.2, 0.25) is 0 Å². The summed E-state index contributed by atoms with van der Waals surface area (Å²) in [6, 6.07) is 0. The zero-order valence-electron chi connectivity index (χ0n) is 16.2. The maximum absolute atomic E-state index is 5.44. The predicted octanol–water partition coefficient (Wildman–Crippen LogP) is 7.29. The van der Waals surface area contributed by atoms with Crippen LogP contribution in [0.15, 0.2) is 0 Å². The Kier molecular flexibility index (Phi) is 30.3. The molecule has 0 rings (SSSR count). The molecule has 0 spiro atoms. The number of ether oxygens (including phenoxy) is 1. The second-order valence-electron chi connectivity index (χ2n) is 6.19. The van der Waals surface area contributed by atoms with E-state index in [1.807, 2.05) is 0 Å². The van der Waals surface area contributed by atoms with E-state index >= 15 is 0 Å². The van der Waals surface area contributed by atoms with Crippen LogP contribution in [-0.4, -0.2) is 34.4 Å². The van der Waals surface area contributed by atoms with Gasteiger partial charge in [0.25, 0.3) is 0 Å². The monoisotopic (exact) mass is 420 g/mol. The molecule has 0 N–H and O–H groups in total. The molecule has 22 heavy (non-hydrogen) atoms. The van der Waals surface area contributed by atoms with Crippen molar-refractivity contribution in [2.75, 3.05) is 13.2 Å². The van der Waals surface area contributed by atoms with Gasteiger partial charge in [-0.1, -0.05) is 39.5 Å². The second kappa shape index (κ2) is 26.6. The Hall–Kier alpha value is 0.759. The van der Waals surface area contributed by atoms with Gasteiger partial charge in [-0.15, -0.1) is 0 Å². The van der Waals surface area contributed by atoms with Crippen molar-refractivity contribution >= 4 is 21.1 Å². The van der Waals surface area contributed by atoms with Gasteiger partial charge in [0.1, 0.15) is 0 Å². The van der Waals surface area contributed by atoms with Crippen molar-refractivity contribution < 1.29 is 4.74 Å². The Balaban J connectivity index is 0. The second-order valence-corrected chi connectivity index (χ2v) is 10.5. The molecule has 0 unspecified atom stereocenters. The zero-order chi connectivity index (χ0) is 16.7. The van der Waals surface area contributed by atoms with Crippen LogP contribution in [0.5, 0.6) is 0 Å². The summed E-state index contributed by atoms with van der Waals surface area (Å²) in [4.78, 5) is 0. The molecular formula is C20H44OSn. The fourth-order valence-corrected chi connectivity index (χ4v) is 5.70. The van der Waals surface area contributed by atoms with Gasteiger partial charge in [-0.05, 0) is 12.8 Å². The third-order valence-electron chi connectivity index (χ3n) is 3.70. The zero-order valence-corrected chi connectivity index (χ0v) is 19.1. The molecule has 0 saturated carbocycles. The molecule has 2 radical (unpaired) electrons. The maximum atomic E-state index is 5.44. The third-order valence-corrected chi connectivity index (χ3v) is 7.73. The summed E-state index contributed by atoms with van der Waals surface area (Å²) < 4.78 is 8.72. The molecule has 0 bridgehead atoms. The summed E-state index contributed by atoms with van der Waals surface area (Å²) >= 11 is 0.124. The average Bonchev–Trinajstić information content (AvgIpc) is 2.54. The van der Waals surface area contributed by atoms with Gasteiger partial charge < -0.3 is 4.74 Å². The molecule has 0 aromatic rings. The van der Waals surface area contributed by atoms with Crippen LogP contribution in [0.4, 0.5) is 0 Å². The van der Waals surface area contributed by atoms with Crippen molar-refractivity contribution in [2.24, 2.45) is 0 Å². The van der Waals surface area contributed by atoms with Crippen molar-refractivity contribution in [3.63, 3.8) is 0 Å². The summed E-state index contributed by atoms with van der Waals surface area (Å²) in [7, 11) is 0. The van der Waals surface area contributed by atoms with E-state index in [1.54, 1.807) is 8.87 Å². The van der Waals surface area contributed by atoms with Crippen molar-refractivity contribution in [1.29, 1.82) is 0 Å². The quantitative estimate of drug-likeness (QED) is 0.189. The summed E-state index contributed by atoms with van der Waals surface area (Å²) in [6.07, 6.45) is 16.5. The third kappa shape index (κ3) is 28.9. The molecule has 0 aliphatic heterocycles. The minimum absolute atomic E-state index is 0.124. The van der Waals surface area contributed by atoms with Crippen LogP contribution >= 0.6 is 0 Å². The first-order valence-electron chi connectivity index (χ1n) is 10.1. The van der Waals surface area contributed by atoms with Gasteiger partial charge in [-0.3, -0.25) is 0 Å². The van der Waals surface area contributed by atoms with E-state index in [2.05, 4.69) is 27.7 Å². The van der Waals surface area contributed by atoms with Gasteiger partial charge in [0, 0.05) is 13.2 Å². The first-order valence-corrected chi connectivity index (χ1v) is 14.1. The topological polar surface area (TPSA) is 9.23 Å². The van der Waals surface area contributed by atoms with E-state index < -0.39 is 0 Å². The van der Waals surface area contributed by atoms with E-state index in [0.29, 0.717) is 0 Å². The van der Waals surface area contributed by atoms with Crippen molar-refractivity contribution in [3.8, 4) is 0 Å². The normalized spacial score (nSPS) is 10.4.